The van der Waals surface area contributed by atoms with Gasteiger partial charge in [-0.2, -0.15) is 0 Å². The first-order valence-electron chi connectivity index (χ1n) is 9.55. The second-order valence-electron chi connectivity index (χ2n) is 7.38. The summed E-state index contributed by atoms with van der Waals surface area (Å²) in [5.74, 6) is 0.361. The van der Waals surface area contributed by atoms with Gasteiger partial charge in [0.25, 0.3) is 0 Å². The Labute approximate surface area is 161 Å². The van der Waals surface area contributed by atoms with Crippen molar-refractivity contribution in [3.8, 4) is 0 Å². The first-order valence-corrected chi connectivity index (χ1v) is 9.55. The highest BCUT2D eigenvalue weighted by atomic mass is 19.1. The van der Waals surface area contributed by atoms with E-state index in [0.29, 0.717) is 5.92 Å². The van der Waals surface area contributed by atoms with Crippen molar-refractivity contribution >= 4 is 12.0 Å². The fourth-order valence-corrected chi connectivity index (χ4v) is 3.24. The van der Waals surface area contributed by atoms with E-state index in [4.69, 9.17) is 0 Å². The molecule has 0 aromatic heterocycles. The Hall–Kier alpha value is -2.46. The van der Waals surface area contributed by atoms with Crippen molar-refractivity contribution in [2.45, 2.75) is 26.3 Å². The highest BCUT2D eigenvalue weighted by molar-refractivity contribution is 5.91. The second-order valence-corrected chi connectivity index (χ2v) is 7.38. The molecule has 0 spiro atoms. The van der Waals surface area contributed by atoms with E-state index in [1.807, 2.05) is 23.1 Å². The molecule has 3 rings (SSSR count). The lowest BCUT2D eigenvalue weighted by molar-refractivity contribution is -0.127. The van der Waals surface area contributed by atoms with Crippen LogP contribution in [0.2, 0.25) is 0 Å². The number of rotatable bonds is 5. The van der Waals surface area contributed by atoms with E-state index < -0.39 is 0 Å². The van der Waals surface area contributed by atoms with Crippen LogP contribution in [-0.2, 0) is 11.3 Å². The number of nitrogens with zero attached hydrogens (tertiary/aromatic N) is 2. The molecular weight excluding hydrogens is 339 g/mol. The first kappa shape index (κ1) is 19.3. The van der Waals surface area contributed by atoms with Crippen molar-refractivity contribution in [2.75, 3.05) is 26.2 Å². The summed E-state index contributed by atoms with van der Waals surface area (Å²) in [5, 5.41) is 0. The van der Waals surface area contributed by atoms with E-state index in [1.165, 1.54) is 17.7 Å². The van der Waals surface area contributed by atoms with Gasteiger partial charge in [-0.3, -0.25) is 9.69 Å². The molecule has 1 amide bonds. The van der Waals surface area contributed by atoms with Crippen LogP contribution in [0.5, 0.6) is 0 Å². The first-order chi connectivity index (χ1) is 13.0. The topological polar surface area (TPSA) is 23.6 Å². The summed E-state index contributed by atoms with van der Waals surface area (Å²) in [6.45, 7) is 8.24. The van der Waals surface area contributed by atoms with Gasteiger partial charge in [0.2, 0.25) is 5.91 Å². The summed E-state index contributed by atoms with van der Waals surface area (Å²) in [6.07, 6.45) is 3.55. The van der Waals surface area contributed by atoms with E-state index in [-0.39, 0.29) is 11.7 Å². The van der Waals surface area contributed by atoms with Crippen LogP contribution < -0.4 is 0 Å². The molecular formula is C23H27FN2O. The monoisotopic (exact) mass is 366 g/mol. The molecule has 0 aliphatic carbocycles. The van der Waals surface area contributed by atoms with E-state index in [0.717, 1.165) is 43.9 Å². The maximum Gasteiger partial charge on any atom is 0.246 e. The van der Waals surface area contributed by atoms with Gasteiger partial charge in [0.05, 0.1) is 0 Å². The van der Waals surface area contributed by atoms with Crippen molar-refractivity contribution in [3.63, 3.8) is 0 Å². The van der Waals surface area contributed by atoms with E-state index >= 15 is 0 Å². The number of hydrogen-bond acceptors (Lipinski definition) is 2. The molecule has 3 nitrogen and oxygen atoms in total. The quantitative estimate of drug-likeness (QED) is 0.737. The molecule has 4 heteroatoms. The third-order valence-electron chi connectivity index (χ3n) is 5.02. The molecule has 1 saturated heterocycles. The van der Waals surface area contributed by atoms with Crippen LogP contribution in [0.4, 0.5) is 4.39 Å². The molecule has 0 N–H and O–H groups in total. The fourth-order valence-electron chi connectivity index (χ4n) is 3.24. The number of carbonyl (C=O) groups excluding carboxylic acids is 1. The Morgan fingerprint density at radius 1 is 1.00 bits per heavy atom. The molecule has 0 saturated carbocycles. The van der Waals surface area contributed by atoms with Crippen molar-refractivity contribution in [1.29, 1.82) is 0 Å². The Morgan fingerprint density at radius 3 is 2.22 bits per heavy atom. The van der Waals surface area contributed by atoms with Crippen LogP contribution >= 0.6 is 0 Å². The minimum atomic E-state index is -0.209. The van der Waals surface area contributed by atoms with Crippen LogP contribution in [-0.4, -0.2) is 41.9 Å². The molecule has 1 aliphatic rings. The zero-order valence-electron chi connectivity index (χ0n) is 16.1. The summed E-state index contributed by atoms with van der Waals surface area (Å²) in [6, 6.07) is 15.0. The Morgan fingerprint density at radius 2 is 1.63 bits per heavy atom. The minimum absolute atomic E-state index is 0.0596. The normalized spacial score (nSPS) is 15.6. The lowest BCUT2D eigenvalue weighted by atomic mass is 10.0. The van der Waals surface area contributed by atoms with Gasteiger partial charge in [-0.25, -0.2) is 4.39 Å². The van der Waals surface area contributed by atoms with Gasteiger partial charge in [-0.05, 0) is 40.8 Å². The lowest BCUT2D eigenvalue weighted by Crippen LogP contribution is -2.47. The van der Waals surface area contributed by atoms with Crippen molar-refractivity contribution in [3.05, 3.63) is 77.1 Å². The van der Waals surface area contributed by atoms with Crippen molar-refractivity contribution in [2.24, 2.45) is 0 Å². The highest BCUT2D eigenvalue weighted by Crippen LogP contribution is 2.15. The molecule has 27 heavy (non-hydrogen) atoms. The Kier molecular flexibility index (Phi) is 6.40. The number of amides is 1. The van der Waals surface area contributed by atoms with E-state index in [9.17, 15) is 9.18 Å². The SMILES string of the molecule is CC(C)c1ccc(/C=C/C(=O)N2CCN(Cc3ccc(F)cc3)CC2)cc1. The molecule has 0 bridgehead atoms. The van der Waals surface area contributed by atoms with Gasteiger partial charge in [0.1, 0.15) is 5.82 Å². The molecule has 0 unspecified atom stereocenters. The van der Waals surface area contributed by atoms with Gasteiger partial charge in [-0.1, -0.05) is 50.2 Å². The number of halogens is 1. The third-order valence-corrected chi connectivity index (χ3v) is 5.02. The van der Waals surface area contributed by atoms with Gasteiger partial charge >= 0.3 is 0 Å². The summed E-state index contributed by atoms with van der Waals surface area (Å²) in [4.78, 5) is 16.6. The summed E-state index contributed by atoms with van der Waals surface area (Å²) in [5.41, 5.74) is 3.44. The highest BCUT2D eigenvalue weighted by Gasteiger charge is 2.19. The van der Waals surface area contributed by atoms with Crippen molar-refractivity contribution in [1.82, 2.24) is 9.80 Å². The van der Waals surface area contributed by atoms with Crippen LogP contribution in [0, 0.1) is 5.82 Å². The summed E-state index contributed by atoms with van der Waals surface area (Å²) < 4.78 is 13.0. The third kappa shape index (κ3) is 5.51. The summed E-state index contributed by atoms with van der Waals surface area (Å²) in [7, 11) is 0. The summed E-state index contributed by atoms with van der Waals surface area (Å²) >= 11 is 0. The van der Waals surface area contributed by atoms with Crippen molar-refractivity contribution < 1.29 is 9.18 Å². The molecule has 2 aromatic carbocycles. The van der Waals surface area contributed by atoms with Gasteiger partial charge < -0.3 is 4.90 Å². The van der Waals surface area contributed by atoms with Crippen LogP contribution in [0.25, 0.3) is 6.08 Å². The predicted octanol–water partition coefficient (Wildman–Crippen LogP) is 4.31. The van der Waals surface area contributed by atoms with E-state index in [1.54, 1.807) is 6.08 Å². The smallest absolute Gasteiger partial charge is 0.246 e. The molecule has 1 aliphatic heterocycles. The fraction of sp³-hybridized carbons (Fsp3) is 0.348. The molecule has 1 heterocycles. The maximum absolute atomic E-state index is 13.0. The molecule has 2 aromatic rings. The Bertz CT molecular complexity index is 773. The number of hydrogen-bond donors (Lipinski definition) is 0. The molecule has 142 valence electrons. The largest absolute Gasteiger partial charge is 0.337 e. The minimum Gasteiger partial charge on any atom is -0.337 e. The number of piperazine rings is 1. The van der Waals surface area contributed by atoms with Gasteiger partial charge in [0.15, 0.2) is 0 Å². The second kappa shape index (κ2) is 8.96. The number of carbonyl (C=O) groups is 1. The molecule has 0 radical (unpaired) electrons. The van der Waals surface area contributed by atoms with Gasteiger partial charge in [-0.15, -0.1) is 0 Å². The van der Waals surface area contributed by atoms with E-state index in [2.05, 4.69) is 43.0 Å². The zero-order valence-corrected chi connectivity index (χ0v) is 16.1. The van der Waals surface area contributed by atoms with Crippen LogP contribution in [0.3, 0.4) is 0 Å². The molecule has 1 fully saturated rings. The number of benzene rings is 2. The average molecular weight is 366 g/mol. The van der Waals surface area contributed by atoms with Crippen LogP contribution in [0.1, 0.15) is 36.5 Å². The maximum atomic E-state index is 13.0. The average Bonchev–Trinajstić information content (AvgIpc) is 2.69. The predicted molar refractivity (Wildman–Crippen MR) is 108 cm³/mol. The standard InChI is InChI=1S/C23H27FN2O/c1-18(2)21-8-3-19(4-9-21)7-12-23(27)26-15-13-25(14-16-26)17-20-5-10-22(24)11-6-20/h3-12,18H,13-17H2,1-2H3/b12-7+. The zero-order chi connectivity index (χ0) is 19.2. The lowest BCUT2D eigenvalue weighted by Gasteiger charge is -2.34. The Balaban J connectivity index is 1.48. The van der Waals surface area contributed by atoms with Crippen LogP contribution in [0.15, 0.2) is 54.6 Å². The van der Waals surface area contributed by atoms with Gasteiger partial charge in [0, 0.05) is 38.8 Å². The molecule has 0 atom stereocenters.